The minimum Gasteiger partial charge on any atom is -0.493 e. The molecule has 0 saturated carbocycles. The SMILES string of the molecule is CCN[C@H](C)CNC(=O)c1cc(OC)c2c(c1)OCCO2.Cl. The number of hydrogen-bond donors (Lipinski definition) is 2. The van der Waals surface area contributed by atoms with Gasteiger partial charge < -0.3 is 24.8 Å². The molecule has 2 rings (SSSR count). The fraction of sp³-hybridized carbons (Fsp3) is 0.533. The van der Waals surface area contributed by atoms with Crippen LogP contribution in [0.25, 0.3) is 0 Å². The molecule has 1 atom stereocenters. The fourth-order valence-electron chi connectivity index (χ4n) is 2.17. The van der Waals surface area contributed by atoms with E-state index >= 15 is 0 Å². The normalized spacial score (nSPS) is 13.8. The third kappa shape index (κ3) is 4.42. The van der Waals surface area contributed by atoms with Crippen LogP contribution in [-0.2, 0) is 0 Å². The summed E-state index contributed by atoms with van der Waals surface area (Å²) in [5.74, 6) is 1.46. The summed E-state index contributed by atoms with van der Waals surface area (Å²) in [5.41, 5.74) is 0.500. The molecule has 2 N–H and O–H groups in total. The van der Waals surface area contributed by atoms with E-state index in [9.17, 15) is 4.79 Å². The van der Waals surface area contributed by atoms with Gasteiger partial charge in [-0.2, -0.15) is 0 Å². The Hall–Kier alpha value is -1.66. The summed E-state index contributed by atoms with van der Waals surface area (Å²) in [6.07, 6.45) is 0. The second-order valence-electron chi connectivity index (χ2n) is 4.87. The van der Waals surface area contributed by atoms with E-state index in [1.807, 2.05) is 13.8 Å². The molecular formula is C15H23ClN2O4. The number of fused-ring (bicyclic) bond motifs is 1. The zero-order chi connectivity index (χ0) is 15.2. The van der Waals surface area contributed by atoms with Gasteiger partial charge >= 0.3 is 0 Å². The van der Waals surface area contributed by atoms with Crippen LogP contribution < -0.4 is 24.8 Å². The lowest BCUT2D eigenvalue weighted by Gasteiger charge is -2.21. The Morgan fingerprint density at radius 3 is 2.77 bits per heavy atom. The van der Waals surface area contributed by atoms with Crippen molar-refractivity contribution < 1.29 is 19.0 Å². The Morgan fingerprint density at radius 2 is 2.09 bits per heavy atom. The van der Waals surface area contributed by atoms with E-state index < -0.39 is 0 Å². The van der Waals surface area contributed by atoms with Gasteiger partial charge in [0.2, 0.25) is 5.75 Å². The van der Waals surface area contributed by atoms with Gasteiger partial charge in [0.15, 0.2) is 11.5 Å². The smallest absolute Gasteiger partial charge is 0.251 e. The lowest BCUT2D eigenvalue weighted by atomic mass is 10.1. The Bertz CT molecular complexity index is 493. The van der Waals surface area contributed by atoms with Gasteiger partial charge in [-0.1, -0.05) is 6.92 Å². The van der Waals surface area contributed by atoms with Gasteiger partial charge in [0.05, 0.1) is 7.11 Å². The van der Waals surface area contributed by atoms with E-state index in [0.717, 1.165) is 6.54 Å². The van der Waals surface area contributed by atoms with Gasteiger partial charge in [-0.3, -0.25) is 4.79 Å². The molecule has 1 aliphatic heterocycles. The van der Waals surface area contributed by atoms with Crippen LogP contribution in [0, 0.1) is 0 Å². The van der Waals surface area contributed by atoms with Crippen molar-refractivity contribution >= 4 is 18.3 Å². The molecule has 0 aromatic heterocycles. The number of likely N-dealkylation sites (N-methyl/N-ethyl adjacent to an activating group) is 1. The number of hydrogen-bond acceptors (Lipinski definition) is 5. The summed E-state index contributed by atoms with van der Waals surface area (Å²) in [5, 5.41) is 6.13. The summed E-state index contributed by atoms with van der Waals surface area (Å²) in [6.45, 7) is 6.43. The van der Waals surface area contributed by atoms with E-state index in [4.69, 9.17) is 14.2 Å². The van der Waals surface area contributed by atoms with Crippen molar-refractivity contribution in [1.29, 1.82) is 0 Å². The average molecular weight is 331 g/mol. The Morgan fingerprint density at radius 1 is 1.36 bits per heavy atom. The van der Waals surface area contributed by atoms with Gasteiger partial charge in [0.1, 0.15) is 13.2 Å². The van der Waals surface area contributed by atoms with Crippen molar-refractivity contribution in [2.45, 2.75) is 19.9 Å². The highest BCUT2D eigenvalue weighted by Gasteiger charge is 2.20. The van der Waals surface area contributed by atoms with Crippen LogP contribution >= 0.6 is 12.4 Å². The topological polar surface area (TPSA) is 68.8 Å². The number of benzene rings is 1. The summed E-state index contributed by atoms with van der Waals surface area (Å²) < 4.78 is 16.3. The lowest BCUT2D eigenvalue weighted by molar-refractivity contribution is 0.0948. The molecule has 1 heterocycles. The quantitative estimate of drug-likeness (QED) is 0.829. The van der Waals surface area contributed by atoms with Crippen molar-refractivity contribution in [1.82, 2.24) is 10.6 Å². The maximum Gasteiger partial charge on any atom is 0.251 e. The van der Waals surface area contributed by atoms with E-state index in [0.29, 0.717) is 42.6 Å². The highest BCUT2D eigenvalue weighted by Crippen LogP contribution is 2.40. The molecule has 1 amide bonds. The van der Waals surface area contributed by atoms with E-state index in [2.05, 4.69) is 10.6 Å². The van der Waals surface area contributed by atoms with E-state index in [1.165, 1.54) is 0 Å². The van der Waals surface area contributed by atoms with Gasteiger partial charge in [-0.05, 0) is 25.6 Å². The minimum absolute atomic E-state index is 0. The zero-order valence-electron chi connectivity index (χ0n) is 13.1. The van der Waals surface area contributed by atoms with E-state index in [-0.39, 0.29) is 24.4 Å². The molecule has 1 aliphatic rings. The molecule has 0 aliphatic carbocycles. The molecule has 0 radical (unpaired) electrons. The number of rotatable bonds is 6. The number of carbonyl (C=O) groups excluding carboxylic acids is 1. The first-order chi connectivity index (χ1) is 10.2. The van der Waals surface area contributed by atoms with Gasteiger partial charge in [-0.15, -0.1) is 12.4 Å². The largest absolute Gasteiger partial charge is 0.493 e. The van der Waals surface area contributed by atoms with Gasteiger partial charge in [0, 0.05) is 18.2 Å². The molecule has 0 unspecified atom stereocenters. The first-order valence-electron chi connectivity index (χ1n) is 7.15. The van der Waals surface area contributed by atoms with Crippen molar-refractivity contribution in [3.63, 3.8) is 0 Å². The van der Waals surface area contributed by atoms with Crippen LogP contribution in [0.1, 0.15) is 24.2 Å². The van der Waals surface area contributed by atoms with Crippen LogP contribution in [0.15, 0.2) is 12.1 Å². The minimum atomic E-state index is -0.157. The number of carbonyl (C=O) groups is 1. The first kappa shape index (κ1) is 18.4. The maximum atomic E-state index is 12.2. The molecule has 1 aromatic rings. The van der Waals surface area contributed by atoms with Crippen LogP contribution in [-0.4, -0.2) is 45.4 Å². The van der Waals surface area contributed by atoms with Crippen LogP contribution in [0.5, 0.6) is 17.2 Å². The predicted octanol–water partition coefficient (Wildman–Crippen LogP) is 1.62. The number of amides is 1. The molecular weight excluding hydrogens is 308 g/mol. The number of halogens is 1. The molecule has 124 valence electrons. The van der Waals surface area contributed by atoms with Gasteiger partial charge in [-0.25, -0.2) is 0 Å². The molecule has 6 nitrogen and oxygen atoms in total. The standard InChI is InChI=1S/C15H22N2O4.ClH/c1-4-16-10(2)9-17-15(18)11-7-12(19-3)14-13(8-11)20-5-6-21-14;/h7-8,10,16H,4-6,9H2,1-3H3,(H,17,18);1H/t10-;/m1./s1. The van der Waals surface area contributed by atoms with Crippen molar-refractivity contribution in [3.05, 3.63) is 17.7 Å². The second kappa shape index (κ2) is 8.70. The highest BCUT2D eigenvalue weighted by atomic mass is 35.5. The van der Waals surface area contributed by atoms with Crippen LogP contribution in [0.2, 0.25) is 0 Å². The van der Waals surface area contributed by atoms with Gasteiger partial charge in [0.25, 0.3) is 5.91 Å². The van der Waals surface area contributed by atoms with Crippen molar-refractivity contribution in [3.8, 4) is 17.2 Å². The number of nitrogens with one attached hydrogen (secondary N) is 2. The molecule has 0 fully saturated rings. The Balaban J connectivity index is 0.00000242. The first-order valence-corrected chi connectivity index (χ1v) is 7.15. The lowest BCUT2D eigenvalue weighted by Crippen LogP contribution is -2.38. The monoisotopic (exact) mass is 330 g/mol. The van der Waals surface area contributed by atoms with Crippen molar-refractivity contribution in [2.24, 2.45) is 0 Å². The van der Waals surface area contributed by atoms with Crippen LogP contribution in [0.3, 0.4) is 0 Å². The predicted molar refractivity (Wildman–Crippen MR) is 86.7 cm³/mol. The molecule has 0 bridgehead atoms. The molecule has 22 heavy (non-hydrogen) atoms. The van der Waals surface area contributed by atoms with E-state index in [1.54, 1.807) is 19.2 Å². The Kier molecular flexibility index (Phi) is 7.27. The Labute approximate surface area is 136 Å². The average Bonchev–Trinajstić information content (AvgIpc) is 2.51. The molecule has 1 aromatic carbocycles. The fourth-order valence-corrected chi connectivity index (χ4v) is 2.17. The molecule has 0 spiro atoms. The summed E-state index contributed by atoms with van der Waals surface area (Å²) in [4.78, 5) is 12.2. The second-order valence-corrected chi connectivity index (χ2v) is 4.87. The van der Waals surface area contributed by atoms with Crippen LogP contribution in [0.4, 0.5) is 0 Å². The molecule has 0 saturated heterocycles. The highest BCUT2D eigenvalue weighted by molar-refractivity contribution is 5.95. The third-order valence-corrected chi connectivity index (χ3v) is 3.21. The zero-order valence-corrected chi connectivity index (χ0v) is 13.9. The third-order valence-electron chi connectivity index (χ3n) is 3.21. The number of ether oxygens (including phenoxy) is 3. The summed E-state index contributed by atoms with van der Waals surface area (Å²) in [6, 6.07) is 3.57. The van der Waals surface area contributed by atoms with Crippen molar-refractivity contribution in [2.75, 3.05) is 33.4 Å². The number of methoxy groups -OCH3 is 1. The summed E-state index contributed by atoms with van der Waals surface area (Å²) >= 11 is 0. The maximum absolute atomic E-state index is 12.2. The summed E-state index contributed by atoms with van der Waals surface area (Å²) in [7, 11) is 1.54. The molecule has 7 heteroatoms.